The van der Waals surface area contributed by atoms with Crippen LogP contribution in [0.2, 0.25) is 0 Å². The first-order valence-electron chi connectivity index (χ1n) is 5.32. The van der Waals surface area contributed by atoms with E-state index in [0.29, 0.717) is 0 Å². The molecule has 0 spiro atoms. The smallest absolute Gasteiger partial charge is 0.231 e. The Kier molecular flexibility index (Phi) is 3.02. The van der Waals surface area contributed by atoms with Gasteiger partial charge in [-0.3, -0.25) is 4.79 Å². The van der Waals surface area contributed by atoms with E-state index in [2.05, 4.69) is 5.32 Å². The van der Waals surface area contributed by atoms with Crippen molar-refractivity contribution in [3.8, 4) is 0 Å². The van der Waals surface area contributed by atoms with Gasteiger partial charge < -0.3 is 10.2 Å². The summed E-state index contributed by atoms with van der Waals surface area (Å²) in [6.07, 6.45) is 0.954. The van der Waals surface area contributed by atoms with Gasteiger partial charge in [-0.2, -0.15) is 0 Å². The molecule has 3 nitrogen and oxygen atoms in total. The highest BCUT2D eigenvalue weighted by molar-refractivity contribution is 5.94. The zero-order valence-electron chi connectivity index (χ0n) is 8.94. The Hall–Kier alpha value is -1.35. The first-order valence-corrected chi connectivity index (χ1v) is 5.32. The van der Waals surface area contributed by atoms with Crippen LogP contribution < -0.4 is 10.2 Å². The van der Waals surface area contributed by atoms with E-state index in [1.54, 1.807) is 4.90 Å². The van der Waals surface area contributed by atoms with Crippen molar-refractivity contribution in [2.24, 2.45) is 5.92 Å². The van der Waals surface area contributed by atoms with Crippen molar-refractivity contribution in [3.63, 3.8) is 0 Å². The lowest BCUT2D eigenvalue weighted by atomic mass is 10.1. The predicted octanol–water partition coefficient (Wildman–Crippen LogP) is 1.26. The quantitative estimate of drug-likeness (QED) is 0.786. The summed E-state index contributed by atoms with van der Waals surface area (Å²) >= 11 is 0. The maximum atomic E-state index is 12.0. The van der Waals surface area contributed by atoms with Gasteiger partial charge in [0.25, 0.3) is 0 Å². The fraction of sp³-hybridized carbons (Fsp3) is 0.417. The molecule has 2 rings (SSSR count). The average molecular weight is 204 g/mol. The molecule has 1 heterocycles. The van der Waals surface area contributed by atoms with E-state index in [9.17, 15) is 4.79 Å². The number of carbonyl (C=O) groups is 1. The van der Waals surface area contributed by atoms with Crippen LogP contribution in [0.5, 0.6) is 0 Å². The van der Waals surface area contributed by atoms with Crippen molar-refractivity contribution in [2.45, 2.75) is 6.42 Å². The number of carbonyl (C=O) groups excluding carboxylic acids is 1. The van der Waals surface area contributed by atoms with E-state index in [1.165, 1.54) is 0 Å². The van der Waals surface area contributed by atoms with Gasteiger partial charge >= 0.3 is 0 Å². The maximum absolute atomic E-state index is 12.0. The van der Waals surface area contributed by atoms with Gasteiger partial charge in [0.15, 0.2) is 0 Å². The Bertz CT molecular complexity index is 331. The normalized spacial score (nSPS) is 20.2. The van der Waals surface area contributed by atoms with E-state index in [0.717, 1.165) is 25.2 Å². The van der Waals surface area contributed by atoms with Gasteiger partial charge in [-0.1, -0.05) is 18.2 Å². The Morgan fingerprint density at radius 1 is 1.40 bits per heavy atom. The van der Waals surface area contributed by atoms with E-state index in [1.807, 2.05) is 37.4 Å². The molecule has 80 valence electrons. The van der Waals surface area contributed by atoms with Gasteiger partial charge in [-0.05, 0) is 25.1 Å². The second-order valence-electron chi connectivity index (χ2n) is 3.92. The molecule has 1 aromatic rings. The SMILES string of the molecule is CN(C(=O)[C@@H]1CCNC1)c1ccccc1. The van der Waals surface area contributed by atoms with Crippen LogP contribution in [0.15, 0.2) is 30.3 Å². The molecule has 0 radical (unpaired) electrons. The number of amides is 1. The molecule has 0 saturated carbocycles. The summed E-state index contributed by atoms with van der Waals surface area (Å²) in [7, 11) is 1.84. The Morgan fingerprint density at radius 3 is 2.73 bits per heavy atom. The highest BCUT2D eigenvalue weighted by Crippen LogP contribution is 2.17. The monoisotopic (exact) mass is 204 g/mol. The van der Waals surface area contributed by atoms with Crippen molar-refractivity contribution in [1.29, 1.82) is 0 Å². The zero-order valence-corrected chi connectivity index (χ0v) is 8.94. The van der Waals surface area contributed by atoms with E-state index in [4.69, 9.17) is 0 Å². The first-order chi connectivity index (χ1) is 7.29. The fourth-order valence-corrected chi connectivity index (χ4v) is 1.92. The second kappa shape index (κ2) is 4.45. The summed E-state index contributed by atoms with van der Waals surface area (Å²) < 4.78 is 0. The lowest BCUT2D eigenvalue weighted by Crippen LogP contribution is -2.33. The van der Waals surface area contributed by atoms with Crippen LogP contribution in [0.25, 0.3) is 0 Å². The molecule has 1 aliphatic rings. The van der Waals surface area contributed by atoms with Crippen LogP contribution in [-0.2, 0) is 4.79 Å². The molecule has 1 atom stereocenters. The third-order valence-corrected chi connectivity index (χ3v) is 2.88. The van der Waals surface area contributed by atoms with E-state index in [-0.39, 0.29) is 11.8 Å². The summed E-state index contributed by atoms with van der Waals surface area (Å²) in [5, 5.41) is 3.21. The van der Waals surface area contributed by atoms with Gasteiger partial charge in [0, 0.05) is 19.3 Å². The molecule has 1 saturated heterocycles. The van der Waals surface area contributed by atoms with Gasteiger partial charge in [0.1, 0.15) is 0 Å². The lowest BCUT2D eigenvalue weighted by Gasteiger charge is -2.20. The van der Waals surface area contributed by atoms with E-state index < -0.39 is 0 Å². The third kappa shape index (κ3) is 2.18. The van der Waals surface area contributed by atoms with Gasteiger partial charge in [-0.15, -0.1) is 0 Å². The number of hydrogen-bond donors (Lipinski definition) is 1. The number of hydrogen-bond acceptors (Lipinski definition) is 2. The van der Waals surface area contributed by atoms with Crippen LogP contribution in [0, 0.1) is 5.92 Å². The molecule has 0 unspecified atom stereocenters. The molecule has 1 aromatic carbocycles. The van der Waals surface area contributed by atoms with Crippen molar-refractivity contribution in [1.82, 2.24) is 5.32 Å². The molecule has 1 aliphatic heterocycles. The zero-order chi connectivity index (χ0) is 10.7. The summed E-state index contributed by atoms with van der Waals surface area (Å²) in [5.41, 5.74) is 0.967. The third-order valence-electron chi connectivity index (χ3n) is 2.88. The molecule has 0 bridgehead atoms. The number of benzene rings is 1. The van der Waals surface area contributed by atoms with Crippen LogP contribution in [-0.4, -0.2) is 26.0 Å². The number of nitrogens with zero attached hydrogens (tertiary/aromatic N) is 1. The minimum atomic E-state index is 0.148. The highest BCUT2D eigenvalue weighted by atomic mass is 16.2. The predicted molar refractivity (Wildman–Crippen MR) is 60.8 cm³/mol. The van der Waals surface area contributed by atoms with Crippen LogP contribution >= 0.6 is 0 Å². The van der Waals surface area contributed by atoms with Crippen molar-refractivity contribution in [2.75, 3.05) is 25.0 Å². The van der Waals surface area contributed by atoms with Crippen LogP contribution in [0.4, 0.5) is 5.69 Å². The van der Waals surface area contributed by atoms with Crippen molar-refractivity contribution < 1.29 is 4.79 Å². The molecule has 0 aliphatic carbocycles. The first kappa shape index (κ1) is 10.2. The summed E-state index contributed by atoms with van der Waals surface area (Å²) in [5.74, 6) is 0.362. The topological polar surface area (TPSA) is 32.3 Å². The Balaban J connectivity index is 2.07. The number of anilines is 1. The van der Waals surface area contributed by atoms with Crippen molar-refractivity contribution >= 4 is 11.6 Å². The molecule has 3 heteroatoms. The average Bonchev–Trinajstić information content (AvgIpc) is 2.82. The highest BCUT2D eigenvalue weighted by Gasteiger charge is 2.25. The lowest BCUT2D eigenvalue weighted by molar-refractivity contribution is -0.121. The maximum Gasteiger partial charge on any atom is 0.231 e. The molecule has 0 aromatic heterocycles. The number of rotatable bonds is 2. The van der Waals surface area contributed by atoms with Crippen LogP contribution in [0.3, 0.4) is 0 Å². The Morgan fingerprint density at radius 2 is 2.13 bits per heavy atom. The molecule has 1 amide bonds. The van der Waals surface area contributed by atoms with Crippen molar-refractivity contribution in [3.05, 3.63) is 30.3 Å². The standard InChI is InChI=1S/C12H16N2O/c1-14(11-5-3-2-4-6-11)12(15)10-7-8-13-9-10/h2-6,10,13H,7-9H2,1H3/t10-/m1/s1. The summed E-state index contributed by atoms with van der Waals surface area (Å²) in [4.78, 5) is 13.8. The summed E-state index contributed by atoms with van der Waals surface area (Å²) in [6, 6.07) is 9.78. The van der Waals surface area contributed by atoms with E-state index >= 15 is 0 Å². The molecule has 1 fully saturated rings. The second-order valence-corrected chi connectivity index (χ2v) is 3.92. The minimum Gasteiger partial charge on any atom is -0.316 e. The molecule has 15 heavy (non-hydrogen) atoms. The van der Waals surface area contributed by atoms with Gasteiger partial charge in [0.2, 0.25) is 5.91 Å². The number of nitrogens with one attached hydrogen (secondary N) is 1. The fourth-order valence-electron chi connectivity index (χ4n) is 1.92. The van der Waals surface area contributed by atoms with Crippen LogP contribution in [0.1, 0.15) is 6.42 Å². The largest absolute Gasteiger partial charge is 0.316 e. The van der Waals surface area contributed by atoms with Gasteiger partial charge in [-0.25, -0.2) is 0 Å². The summed E-state index contributed by atoms with van der Waals surface area (Å²) in [6.45, 7) is 1.77. The van der Waals surface area contributed by atoms with Gasteiger partial charge in [0.05, 0.1) is 5.92 Å². The molecular formula is C12H16N2O. The molecule has 1 N–H and O–H groups in total. The number of para-hydroxylation sites is 1. The Labute approximate surface area is 90.1 Å². The molecular weight excluding hydrogens is 188 g/mol. The minimum absolute atomic E-state index is 0.148.